The number of nitrogens with zero attached hydrogens (tertiary/aromatic N) is 4. The standard InChI is InChI=1S/C22H14N4O7S/c27-25(28)17-6-9-22(21(14-17)26(29)30)34(31,32)33-18-7-4-15(5-8-18)16-10-12-24-20(13-16)19-3-1-2-11-23-19/h1-14H. The van der Waals surface area contributed by atoms with E-state index >= 15 is 0 Å². The van der Waals surface area contributed by atoms with E-state index in [0.717, 1.165) is 23.3 Å². The zero-order valence-corrected chi connectivity index (χ0v) is 18.0. The lowest BCUT2D eigenvalue weighted by Gasteiger charge is -2.09. The van der Waals surface area contributed by atoms with E-state index in [-0.39, 0.29) is 5.75 Å². The molecule has 0 fully saturated rings. The fraction of sp³-hybridized carbons (Fsp3) is 0. The molecule has 0 radical (unpaired) electrons. The van der Waals surface area contributed by atoms with E-state index in [1.807, 2.05) is 18.2 Å². The summed E-state index contributed by atoms with van der Waals surface area (Å²) < 4.78 is 30.3. The van der Waals surface area contributed by atoms with Crippen LogP contribution < -0.4 is 4.18 Å². The number of hydrogen-bond donors (Lipinski definition) is 0. The van der Waals surface area contributed by atoms with Crippen molar-refractivity contribution in [1.29, 1.82) is 0 Å². The monoisotopic (exact) mass is 478 g/mol. The normalized spacial score (nSPS) is 11.1. The van der Waals surface area contributed by atoms with E-state index in [4.69, 9.17) is 4.18 Å². The molecule has 0 aliphatic heterocycles. The lowest BCUT2D eigenvalue weighted by atomic mass is 10.1. The first-order valence-electron chi connectivity index (χ1n) is 9.60. The Morgan fingerprint density at radius 3 is 2.12 bits per heavy atom. The van der Waals surface area contributed by atoms with Crippen LogP contribution >= 0.6 is 0 Å². The molecule has 0 atom stereocenters. The van der Waals surface area contributed by atoms with Gasteiger partial charge in [0.15, 0.2) is 4.90 Å². The van der Waals surface area contributed by atoms with Gasteiger partial charge < -0.3 is 4.18 Å². The van der Waals surface area contributed by atoms with Crippen LogP contribution in [0.15, 0.2) is 90.1 Å². The molecule has 0 saturated heterocycles. The van der Waals surface area contributed by atoms with Gasteiger partial charge in [-0.15, -0.1) is 0 Å². The quantitative estimate of drug-likeness (QED) is 0.213. The van der Waals surface area contributed by atoms with Gasteiger partial charge in [-0.1, -0.05) is 18.2 Å². The number of benzene rings is 2. The number of nitro groups is 2. The van der Waals surface area contributed by atoms with Crippen LogP contribution in [0.1, 0.15) is 0 Å². The van der Waals surface area contributed by atoms with E-state index in [1.54, 1.807) is 36.7 Å². The van der Waals surface area contributed by atoms with E-state index < -0.39 is 36.2 Å². The second kappa shape index (κ2) is 9.03. The van der Waals surface area contributed by atoms with Gasteiger partial charge in [0.2, 0.25) is 0 Å². The Balaban J connectivity index is 1.60. The summed E-state index contributed by atoms with van der Waals surface area (Å²) in [7, 11) is -4.63. The van der Waals surface area contributed by atoms with Crippen LogP contribution in [-0.4, -0.2) is 28.2 Å². The van der Waals surface area contributed by atoms with E-state index in [9.17, 15) is 28.6 Å². The Bertz CT molecular complexity index is 1490. The van der Waals surface area contributed by atoms with Crippen molar-refractivity contribution in [3.63, 3.8) is 0 Å². The molecule has 0 saturated carbocycles. The molecule has 0 aliphatic carbocycles. The van der Waals surface area contributed by atoms with Gasteiger partial charge in [0.1, 0.15) is 5.75 Å². The van der Waals surface area contributed by atoms with Gasteiger partial charge in [-0.3, -0.25) is 30.2 Å². The summed E-state index contributed by atoms with van der Waals surface area (Å²) in [5, 5.41) is 22.2. The van der Waals surface area contributed by atoms with E-state index in [1.165, 1.54) is 12.1 Å². The van der Waals surface area contributed by atoms with E-state index in [2.05, 4.69) is 9.97 Å². The molecule has 0 unspecified atom stereocenters. The molecule has 4 rings (SSSR count). The highest BCUT2D eigenvalue weighted by Crippen LogP contribution is 2.31. The smallest absolute Gasteiger partial charge is 0.346 e. The predicted molar refractivity (Wildman–Crippen MR) is 120 cm³/mol. The Hall–Kier alpha value is -4.71. The second-order valence-electron chi connectivity index (χ2n) is 6.87. The molecule has 11 nitrogen and oxygen atoms in total. The molecule has 12 heteroatoms. The van der Waals surface area contributed by atoms with Crippen molar-refractivity contribution in [2.75, 3.05) is 0 Å². The second-order valence-corrected chi connectivity index (χ2v) is 8.39. The molecule has 0 bridgehead atoms. The minimum absolute atomic E-state index is 0.0876. The Kier molecular flexibility index (Phi) is 5.97. The Labute approximate surface area is 192 Å². The van der Waals surface area contributed by atoms with Gasteiger partial charge in [0.05, 0.1) is 27.3 Å². The van der Waals surface area contributed by atoms with Crippen molar-refractivity contribution in [3.05, 3.63) is 105 Å². The summed E-state index contributed by atoms with van der Waals surface area (Å²) >= 11 is 0. The van der Waals surface area contributed by atoms with Crippen LogP contribution in [0.4, 0.5) is 11.4 Å². The third-order valence-corrected chi connectivity index (χ3v) is 6.00. The van der Waals surface area contributed by atoms with Gasteiger partial charge in [-0.2, -0.15) is 8.42 Å². The summed E-state index contributed by atoms with van der Waals surface area (Å²) in [6.07, 6.45) is 3.29. The van der Waals surface area contributed by atoms with Crippen molar-refractivity contribution in [1.82, 2.24) is 9.97 Å². The van der Waals surface area contributed by atoms with Gasteiger partial charge in [0, 0.05) is 18.5 Å². The molecule has 2 aromatic carbocycles. The van der Waals surface area contributed by atoms with Crippen LogP contribution in [0.5, 0.6) is 5.75 Å². The molecule has 2 aromatic heterocycles. The summed E-state index contributed by atoms with van der Waals surface area (Å²) in [4.78, 5) is 28.1. The minimum atomic E-state index is -4.63. The molecule has 0 spiro atoms. The molecule has 0 amide bonds. The minimum Gasteiger partial charge on any atom is -0.379 e. The van der Waals surface area contributed by atoms with Crippen LogP contribution in [0, 0.1) is 20.2 Å². The van der Waals surface area contributed by atoms with Gasteiger partial charge in [0.25, 0.3) is 11.4 Å². The summed E-state index contributed by atoms with van der Waals surface area (Å²) in [5.74, 6) is -0.0876. The maximum absolute atomic E-state index is 12.7. The van der Waals surface area contributed by atoms with Crippen molar-refractivity contribution < 1.29 is 22.4 Å². The number of aromatic nitrogens is 2. The maximum atomic E-state index is 12.7. The predicted octanol–water partition coefficient (Wildman–Crippen LogP) is 4.39. The highest BCUT2D eigenvalue weighted by molar-refractivity contribution is 7.87. The number of rotatable bonds is 7. The van der Waals surface area contributed by atoms with Crippen molar-refractivity contribution >= 4 is 21.5 Å². The topological polar surface area (TPSA) is 155 Å². The molecule has 0 aliphatic rings. The third-order valence-electron chi connectivity index (χ3n) is 4.70. The summed E-state index contributed by atoms with van der Waals surface area (Å²) in [5.41, 5.74) is 1.33. The molecule has 4 aromatic rings. The third kappa shape index (κ3) is 4.71. The average molecular weight is 478 g/mol. The molecule has 170 valence electrons. The fourth-order valence-electron chi connectivity index (χ4n) is 3.11. The SMILES string of the molecule is O=[N+]([O-])c1ccc(S(=O)(=O)Oc2ccc(-c3ccnc(-c4ccccn4)c3)cc2)c([N+](=O)[O-])c1. The van der Waals surface area contributed by atoms with Crippen molar-refractivity contribution in [2.45, 2.75) is 4.90 Å². The molecule has 2 heterocycles. The first-order valence-corrected chi connectivity index (χ1v) is 11.0. The molecular weight excluding hydrogens is 464 g/mol. The lowest BCUT2D eigenvalue weighted by Crippen LogP contribution is -2.12. The first-order chi connectivity index (χ1) is 16.2. The number of pyridine rings is 2. The largest absolute Gasteiger partial charge is 0.379 e. The Morgan fingerprint density at radius 1 is 0.735 bits per heavy atom. The highest BCUT2D eigenvalue weighted by Gasteiger charge is 2.30. The van der Waals surface area contributed by atoms with Crippen molar-refractivity contribution in [2.24, 2.45) is 0 Å². The number of hydrogen-bond acceptors (Lipinski definition) is 9. The fourth-order valence-corrected chi connectivity index (χ4v) is 4.19. The van der Waals surface area contributed by atoms with Crippen molar-refractivity contribution in [3.8, 4) is 28.3 Å². The number of non-ortho nitro benzene ring substituents is 1. The Morgan fingerprint density at radius 2 is 1.47 bits per heavy atom. The number of nitro benzene ring substituents is 2. The average Bonchev–Trinajstić information content (AvgIpc) is 2.84. The van der Waals surface area contributed by atoms with Gasteiger partial charge >= 0.3 is 10.1 Å². The first kappa shape index (κ1) is 22.5. The zero-order chi connectivity index (χ0) is 24.3. The highest BCUT2D eigenvalue weighted by atomic mass is 32.2. The summed E-state index contributed by atoms with van der Waals surface area (Å²) in [6.45, 7) is 0. The van der Waals surface area contributed by atoms with E-state index in [0.29, 0.717) is 17.5 Å². The zero-order valence-electron chi connectivity index (χ0n) is 17.1. The van der Waals surface area contributed by atoms with Crippen LogP contribution in [0.25, 0.3) is 22.5 Å². The molecule has 0 N–H and O–H groups in total. The molecular formula is C22H14N4O7S. The van der Waals surface area contributed by atoms with Crippen LogP contribution in [0.2, 0.25) is 0 Å². The lowest BCUT2D eigenvalue weighted by molar-refractivity contribution is -0.396. The van der Waals surface area contributed by atoms with Crippen LogP contribution in [0.3, 0.4) is 0 Å². The van der Waals surface area contributed by atoms with Crippen LogP contribution in [-0.2, 0) is 10.1 Å². The summed E-state index contributed by atoms with van der Waals surface area (Å²) in [6, 6.07) is 17.3. The molecule has 34 heavy (non-hydrogen) atoms. The maximum Gasteiger partial charge on any atom is 0.346 e. The van der Waals surface area contributed by atoms with Gasteiger partial charge in [-0.05, 0) is 53.6 Å². The van der Waals surface area contributed by atoms with Gasteiger partial charge in [-0.25, -0.2) is 0 Å².